The number of thiophene rings is 1. The molecule has 0 amide bonds. The molecule has 0 aliphatic heterocycles. The number of hydrogen-bond donors (Lipinski definition) is 1. The number of hydrogen-bond acceptors (Lipinski definition) is 3. The molecule has 0 spiro atoms. The molecular weight excluding hydrogens is 271 g/mol. The van der Waals surface area contributed by atoms with E-state index in [1.165, 1.54) is 4.88 Å². The molecule has 1 aromatic heterocycles. The highest BCUT2D eigenvalue weighted by Gasteiger charge is 2.09. The maximum absolute atomic E-state index is 14.2. The molecule has 0 aliphatic rings. The zero-order valence-corrected chi connectivity index (χ0v) is 13.0. The van der Waals surface area contributed by atoms with Crippen LogP contribution in [0.25, 0.3) is 0 Å². The number of nitrogens with one attached hydrogen (secondary N) is 1. The summed E-state index contributed by atoms with van der Waals surface area (Å²) in [6, 6.07) is 9.96. The number of benzene rings is 1. The van der Waals surface area contributed by atoms with Crippen molar-refractivity contribution in [2.75, 3.05) is 11.9 Å². The largest absolute Gasteiger partial charge is 0.367 e. The third-order valence-electron chi connectivity index (χ3n) is 3.11. The normalized spacial score (nSPS) is 11.1. The van der Waals surface area contributed by atoms with Crippen LogP contribution in [0.4, 0.5) is 10.1 Å². The van der Waals surface area contributed by atoms with E-state index in [2.05, 4.69) is 25.2 Å². The summed E-state index contributed by atoms with van der Waals surface area (Å²) in [5.74, 6) is -0.160. The van der Waals surface area contributed by atoms with Crippen LogP contribution in [0.3, 0.4) is 0 Å². The third-order valence-corrected chi connectivity index (χ3v) is 3.97. The Kier molecular flexibility index (Phi) is 5.15. The summed E-state index contributed by atoms with van der Waals surface area (Å²) < 4.78 is 14.2. The van der Waals surface area contributed by atoms with E-state index < -0.39 is 0 Å². The highest BCUT2D eigenvalue weighted by atomic mass is 32.1. The van der Waals surface area contributed by atoms with Gasteiger partial charge in [-0.2, -0.15) is 0 Å². The summed E-state index contributed by atoms with van der Waals surface area (Å²) in [6.07, 6.45) is 0. The topological polar surface area (TPSA) is 15.3 Å². The van der Waals surface area contributed by atoms with E-state index in [0.717, 1.165) is 12.1 Å². The molecule has 20 heavy (non-hydrogen) atoms. The monoisotopic (exact) mass is 292 g/mol. The molecule has 0 bridgehead atoms. The number of nitrogens with zero attached hydrogens (tertiary/aromatic N) is 1. The van der Waals surface area contributed by atoms with Crippen molar-refractivity contribution in [1.82, 2.24) is 5.32 Å². The molecule has 2 nitrogen and oxygen atoms in total. The van der Waals surface area contributed by atoms with Crippen LogP contribution >= 0.6 is 11.3 Å². The first kappa shape index (κ1) is 15.0. The van der Waals surface area contributed by atoms with Gasteiger partial charge in [-0.15, -0.1) is 11.3 Å². The van der Waals surface area contributed by atoms with Crippen molar-refractivity contribution in [2.45, 2.75) is 33.0 Å². The second kappa shape index (κ2) is 6.86. The molecule has 1 heterocycles. The van der Waals surface area contributed by atoms with Crippen molar-refractivity contribution in [3.8, 4) is 0 Å². The van der Waals surface area contributed by atoms with Crippen molar-refractivity contribution in [1.29, 1.82) is 0 Å². The van der Waals surface area contributed by atoms with Crippen LogP contribution < -0.4 is 10.2 Å². The Morgan fingerprint density at radius 3 is 2.70 bits per heavy atom. The van der Waals surface area contributed by atoms with E-state index in [4.69, 9.17) is 0 Å². The quantitative estimate of drug-likeness (QED) is 0.865. The van der Waals surface area contributed by atoms with E-state index >= 15 is 0 Å². The van der Waals surface area contributed by atoms with Crippen LogP contribution in [0.2, 0.25) is 0 Å². The summed E-state index contributed by atoms with van der Waals surface area (Å²) >= 11 is 1.69. The van der Waals surface area contributed by atoms with Crippen molar-refractivity contribution < 1.29 is 4.39 Å². The third kappa shape index (κ3) is 4.05. The minimum Gasteiger partial charge on any atom is -0.367 e. The smallest absolute Gasteiger partial charge is 0.146 e. The Morgan fingerprint density at radius 1 is 1.30 bits per heavy atom. The molecule has 0 atom stereocenters. The van der Waals surface area contributed by atoms with Crippen LogP contribution in [0.5, 0.6) is 0 Å². The van der Waals surface area contributed by atoms with Gasteiger partial charge in [0.05, 0.1) is 12.2 Å². The summed E-state index contributed by atoms with van der Waals surface area (Å²) in [4.78, 5) is 3.18. The van der Waals surface area contributed by atoms with Gasteiger partial charge in [0.25, 0.3) is 0 Å². The average Bonchev–Trinajstić information content (AvgIpc) is 2.89. The van der Waals surface area contributed by atoms with Gasteiger partial charge in [0.2, 0.25) is 0 Å². The maximum Gasteiger partial charge on any atom is 0.146 e. The highest BCUT2D eigenvalue weighted by Crippen LogP contribution is 2.22. The molecule has 1 aromatic carbocycles. The van der Waals surface area contributed by atoms with Gasteiger partial charge >= 0.3 is 0 Å². The summed E-state index contributed by atoms with van der Waals surface area (Å²) in [5.41, 5.74) is 1.62. The lowest BCUT2D eigenvalue weighted by Gasteiger charge is -2.20. The van der Waals surface area contributed by atoms with Crippen LogP contribution in [-0.2, 0) is 13.1 Å². The van der Waals surface area contributed by atoms with E-state index in [1.807, 2.05) is 35.5 Å². The van der Waals surface area contributed by atoms with Gasteiger partial charge in [-0.25, -0.2) is 4.39 Å². The van der Waals surface area contributed by atoms with Gasteiger partial charge in [-0.1, -0.05) is 26.0 Å². The van der Waals surface area contributed by atoms with Crippen LogP contribution in [-0.4, -0.2) is 13.1 Å². The Morgan fingerprint density at radius 2 is 2.10 bits per heavy atom. The zero-order chi connectivity index (χ0) is 14.5. The second-order valence-corrected chi connectivity index (χ2v) is 6.29. The Bertz CT molecular complexity index is 537. The highest BCUT2D eigenvalue weighted by molar-refractivity contribution is 7.09. The van der Waals surface area contributed by atoms with Crippen molar-refractivity contribution in [3.05, 3.63) is 52.0 Å². The minimum atomic E-state index is -0.160. The van der Waals surface area contributed by atoms with Gasteiger partial charge in [-0.05, 0) is 29.1 Å². The summed E-state index contributed by atoms with van der Waals surface area (Å²) in [5, 5.41) is 5.34. The fraction of sp³-hybridized carbons (Fsp3) is 0.375. The van der Waals surface area contributed by atoms with Crippen molar-refractivity contribution in [3.63, 3.8) is 0 Å². The summed E-state index contributed by atoms with van der Waals surface area (Å²) in [6.45, 7) is 5.60. The van der Waals surface area contributed by atoms with E-state index in [-0.39, 0.29) is 5.82 Å². The Labute approximate surface area is 124 Å². The van der Waals surface area contributed by atoms with Crippen LogP contribution in [0, 0.1) is 5.82 Å². The molecule has 0 radical (unpaired) electrons. The first-order valence-corrected chi connectivity index (χ1v) is 7.69. The number of halogens is 1. The number of anilines is 1. The van der Waals surface area contributed by atoms with Gasteiger partial charge in [0.15, 0.2) is 0 Å². The van der Waals surface area contributed by atoms with Crippen molar-refractivity contribution in [2.24, 2.45) is 0 Å². The average molecular weight is 292 g/mol. The van der Waals surface area contributed by atoms with E-state index in [9.17, 15) is 4.39 Å². The molecule has 1 N–H and O–H groups in total. The molecule has 4 heteroatoms. The predicted octanol–water partition coefficient (Wildman–Crippen LogP) is 4.02. The molecule has 0 saturated heterocycles. The standard InChI is InChI=1S/C16H21FN2S/c1-12(2)18-10-13-6-7-16(15(17)9-13)19(3)11-14-5-4-8-20-14/h4-9,12,18H,10-11H2,1-3H3. The first-order valence-electron chi connectivity index (χ1n) is 6.81. The Hall–Kier alpha value is -1.39. The van der Waals surface area contributed by atoms with Gasteiger partial charge in [0, 0.05) is 24.5 Å². The molecule has 0 unspecified atom stereocenters. The number of rotatable bonds is 6. The molecule has 0 aliphatic carbocycles. The molecule has 2 rings (SSSR count). The van der Waals surface area contributed by atoms with E-state index in [1.54, 1.807) is 17.4 Å². The van der Waals surface area contributed by atoms with Crippen molar-refractivity contribution >= 4 is 17.0 Å². The van der Waals surface area contributed by atoms with Crippen LogP contribution in [0.15, 0.2) is 35.7 Å². The van der Waals surface area contributed by atoms with Gasteiger partial charge in [0.1, 0.15) is 5.82 Å². The lowest BCUT2D eigenvalue weighted by molar-refractivity contribution is 0.581. The maximum atomic E-state index is 14.2. The second-order valence-electron chi connectivity index (χ2n) is 5.26. The van der Waals surface area contributed by atoms with E-state index in [0.29, 0.717) is 18.3 Å². The fourth-order valence-electron chi connectivity index (χ4n) is 2.01. The zero-order valence-electron chi connectivity index (χ0n) is 12.2. The summed E-state index contributed by atoms with van der Waals surface area (Å²) in [7, 11) is 1.92. The molecule has 0 fully saturated rings. The lowest BCUT2D eigenvalue weighted by Crippen LogP contribution is -2.22. The molecule has 108 valence electrons. The predicted molar refractivity (Wildman–Crippen MR) is 84.8 cm³/mol. The van der Waals surface area contributed by atoms with Gasteiger partial charge in [-0.3, -0.25) is 0 Å². The molecule has 2 aromatic rings. The molecular formula is C16H21FN2S. The fourth-order valence-corrected chi connectivity index (χ4v) is 2.77. The van der Waals surface area contributed by atoms with Crippen LogP contribution in [0.1, 0.15) is 24.3 Å². The SMILES string of the molecule is CC(C)NCc1ccc(N(C)Cc2cccs2)c(F)c1. The molecule has 0 saturated carbocycles. The lowest BCUT2D eigenvalue weighted by atomic mass is 10.1. The first-order chi connectivity index (χ1) is 9.56. The minimum absolute atomic E-state index is 0.160. The van der Waals surface area contributed by atoms with Gasteiger partial charge < -0.3 is 10.2 Å². The Balaban J connectivity index is 2.05.